The van der Waals surface area contributed by atoms with E-state index >= 15 is 0 Å². The molecule has 0 aromatic heterocycles. The number of aromatic hydroxyl groups is 1. The van der Waals surface area contributed by atoms with Crippen LogP contribution in [0.1, 0.15) is 128 Å². The largest absolute Gasteiger partial charge is 2.00 e. The Hall–Kier alpha value is -2.84. The van der Waals surface area contributed by atoms with Crippen LogP contribution in [0.2, 0.25) is 0 Å². The van der Waals surface area contributed by atoms with E-state index in [2.05, 4.69) is 13.8 Å². The second kappa shape index (κ2) is 27.0. The van der Waals surface area contributed by atoms with Crippen LogP contribution >= 0.6 is 0 Å². The molecule has 13 heteroatoms. The Bertz CT molecular complexity index is 1810. The molecule has 0 unspecified atom stereocenters. The average molecular weight is 851 g/mol. The van der Waals surface area contributed by atoms with Crippen LogP contribution in [0.25, 0.3) is 0 Å². The molecule has 0 saturated heterocycles. The molecule has 0 aliphatic rings. The van der Waals surface area contributed by atoms with Crippen LogP contribution < -0.4 is 14.6 Å². The van der Waals surface area contributed by atoms with Crippen molar-refractivity contribution in [1.82, 2.24) is 0 Å². The van der Waals surface area contributed by atoms with Gasteiger partial charge in [0.25, 0.3) is 10.1 Å². The number of rotatable bonds is 24. The molecule has 10 nitrogen and oxygen atoms in total. The molecule has 0 amide bonds. The minimum absolute atomic E-state index is 0. The Kier molecular flexibility index (Phi) is 23.8. The second-order valence-corrected chi connectivity index (χ2v) is 16.8. The molecule has 0 radical (unpaired) electrons. The van der Waals surface area contributed by atoms with Crippen molar-refractivity contribution in [1.29, 1.82) is 0 Å². The molecule has 0 saturated carbocycles. The molecule has 2 N–H and O–H groups in total. The maximum Gasteiger partial charge on any atom is 2.00 e. The number of hydrogen-bond acceptors (Lipinski definition) is 9. The second-order valence-electron chi connectivity index (χ2n) is 14.1. The first-order valence-electron chi connectivity index (χ1n) is 19.9. The van der Waals surface area contributed by atoms with Crippen LogP contribution in [-0.2, 0) is 33.1 Å². The smallest absolute Gasteiger partial charge is 0.872 e. The minimum Gasteiger partial charge on any atom is -0.872 e. The van der Waals surface area contributed by atoms with Gasteiger partial charge >= 0.3 is 37.7 Å². The number of phenols is 1. The van der Waals surface area contributed by atoms with Gasteiger partial charge < -0.3 is 24.2 Å². The van der Waals surface area contributed by atoms with E-state index in [0.29, 0.717) is 35.5 Å². The molecule has 4 aromatic rings. The van der Waals surface area contributed by atoms with Gasteiger partial charge in [-0.3, -0.25) is 4.55 Å². The van der Waals surface area contributed by atoms with Gasteiger partial charge in [0, 0.05) is 6.07 Å². The van der Waals surface area contributed by atoms with Gasteiger partial charge in [-0.05, 0) is 73.2 Å². The SMILES string of the molecule is CCCCCCCCCCc1cc(O)cc(S(=O)(=O)O)c1Oc1ccccc1.CCCCCCCCCCc1cc([O-])cc(S(=O)(=O)[O-])c1Oc1ccccc1.[Ca+2]. The molecule has 0 atom stereocenters. The number of para-hydroxylation sites is 2. The van der Waals surface area contributed by atoms with Crippen molar-refractivity contribution < 1.29 is 45.6 Å². The van der Waals surface area contributed by atoms with E-state index in [9.17, 15) is 36.2 Å². The number of hydrogen-bond donors (Lipinski definition) is 2. The summed E-state index contributed by atoms with van der Waals surface area (Å²) >= 11 is 0. The summed E-state index contributed by atoms with van der Waals surface area (Å²) in [5.41, 5.74) is 1.04. The van der Waals surface area contributed by atoms with Crippen molar-refractivity contribution in [2.75, 3.05) is 0 Å². The quantitative estimate of drug-likeness (QED) is 0.0392. The van der Waals surface area contributed by atoms with E-state index in [1.165, 1.54) is 76.3 Å². The maximum absolute atomic E-state index is 11.9. The molecule has 0 fully saturated rings. The standard InChI is InChI=1S/2C22H30O5S.Ca/c2*1-2-3-4-5-6-7-8-10-13-18-16-19(23)17-21(28(24,25)26)22(18)27-20-14-11-9-12-15-20;/h2*9,11-12,14-17,23H,2-8,10,13H2,1H3,(H,24,25,26);/q;;+2/p-2. The van der Waals surface area contributed by atoms with Crippen molar-refractivity contribution in [3.05, 3.63) is 96.1 Å². The molecule has 0 aliphatic carbocycles. The molecule has 4 aromatic carbocycles. The van der Waals surface area contributed by atoms with Crippen molar-refractivity contribution in [2.24, 2.45) is 0 Å². The molecule has 0 bridgehead atoms. The average Bonchev–Trinajstić information content (AvgIpc) is 3.15. The summed E-state index contributed by atoms with van der Waals surface area (Å²) in [7, 11) is -9.35. The van der Waals surface area contributed by atoms with Gasteiger partial charge in [-0.25, -0.2) is 8.42 Å². The van der Waals surface area contributed by atoms with E-state index in [1.807, 2.05) is 6.07 Å². The van der Waals surface area contributed by atoms with Crippen molar-refractivity contribution in [2.45, 2.75) is 139 Å². The van der Waals surface area contributed by atoms with Crippen LogP contribution in [0.3, 0.4) is 0 Å². The summed E-state index contributed by atoms with van der Waals surface area (Å²) < 4.78 is 79.8. The number of ether oxygens (including phenoxy) is 2. The van der Waals surface area contributed by atoms with Gasteiger partial charge in [0.05, 0.1) is 4.90 Å². The molecular weight excluding hydrogens is 793 g/mol. The van der Waals surface area contributed by atoms with Crippen LogP contribution in [-0.4, -0.2) is 68.8 Å². The van der Waals surface area contributed by atoms with Crippen LogP contribution in [0, 0.1) is 0 Å². The summed E-state index contributed by atoms with van der Waals surface area (Å²) in [4.78, 5) is -0.996. The molecule has 308 valence electrons. The predicted octanol–water partition coefficient (Wildman–Crippen LogP) is 10.9. The fourth-order valence-corrected chi connectivity index (χ4v) is 7.70. The Balaban J connectivity index is 0.000000387. The Morgan fingerprint density at radius 1 is 0.544 bits per heavy atom. The van der Waals surface area contributed by atoms with E-state index in [-0.39, 0.29) is 55.0 Å². The van der Waals surface area contributed by atoms with E-state index in [4.69, 9.17) is 9.47 Å². The number of aryl methyl sites for hydroxylation is 2. The van der Waals surface area contributed by atoms with Crippen LogP contribution in [0.15, 0.2) is 94.7 Å². The zero-order chi connectivity index (χ0) is 40.8. The number of phenolic OH excluding ortho intramolecular Hbond substituents is 1. The molecule has 4 rings (SSSR count). The minimum atomic E-state index is -4.82. The van der Waals surface area contributed by atoms with Gasteiger partial charge in [-0.1, -0.05) is 146 Å². The van der Waals surface area contributed by atoms with E-state index in [1.54, 1.807) is 54.6 Å². The first-order valence-corrected chi connectivity index (χ1v) is 22.8. The Morgan fingerprint density at radius 2 is 0.930 bits per heavy atom. The van der Waals surface area contributed by atoms with Gasteiger partial charge in [-0.2, -0.15) is 8.42 Å². The first kappa shape index (κ1) is 50.3. The number of unbranched alkanes of at least 4 members (excludes halogenated alkanes) is 14. The fourth-order valence-electron chi connectivity index (χ4n) is 6.37. The zero-order valence-electron chi connectivity index (χ0n) is 33.5. The van der Waals surface area contributed by atoms with Crippen molar-refractivity contribution >= 4 is 58.0 Å². The summed E-state index contributed by atoms with van der Waals surface area (Å²) in [5.74, 6) is 0.240. The van der Waals surface area contributed by atoms with Crippen LogP contribution in [0.4, 0.5) is 0 Å². The van der Waals surface area contributed by atoms with Gasteiger partial charge in [-0.15, -0.1) is 5.75 Å². The zero-order valence-corrected chi connectivity index (χ0v) is 37.3. The Morgan fingerprint density at radius 3 is 1.33 bits per heavy atom. The maximum atomic E-state index is 11.9. The van der Waals surface area contributed by atoms with Crippen LogP contribution in [0.5, 0.6) is 34.5 Å². The van der Waals surface area contributed by atoms with E-state index < -0.39 is 35.8 Å². The number of benzene rings is 4. The molecule has 0 spiro atoms. The summed E-state index contributed by atoms with van der Waals surface area (Å²) in [6.07, 6.45) is 19.3. The van der Waals surface area contributed by atoms with Crippen molar-refractivity contribution in [3.63, 3.8) is 0 Å². The normalized spacial score (nSPS) is 11.3. The molecule has 0 aliphatic heterocycles. The third-order valence-electron chi connectivity index (χ3n) is 9.29. The summed E-state index contributed by atoms with van der Waals surface area (Å²) in [6, 6.07) is 22.2. The first-order chi connectivity index (χ1) is 26.8. The fraction of sp³-hybridized carbons (Fsp3) is 0.455. The van der Waals surface area contributed by atoms with Gasteiger partial charge in [0.2, 0.25) is 0 Å². The van der Waals surface area contributed by atoms with E-state index in [0.717, 1.165) is 50.7 Å². The summed E-state index contributed by atoms with van der Waals surface area (Å²) in [5, 5.41) is 21.9. The third-order valence-corrected chi connectivity index (χ3v) is 11.0. The summed E-state index contributed by atoms with van der Waals surface area (Å²) in [6.45, 7) is 4.39. The van der Waals surface area contributed by atoms with Crippen molar-refractivity contribution in [3.8, 4) is 34.5 Å². The molecule has 57 heavy (non-hydrogen) atoms. The molecular formula is C44H58CaO10S2. The van der Waals surface area contributed by atoms with Gasteiger partial charge in [0.1, 0.15) is 38.0 Å². The third kappa shape index (κ3) is 19.2. The topological polar surface area (TPSA) is 173 Å². The predicted molar refractivity (Wildman–Crippen MR) is 223 cm³/mol. The monoisotopic (exact) mass is 850 g/mol. The molecule has 0 heterocycles. The van der Waals surface area contributed by atoms with Gasteiger partial charge in [0.15, 0.2) is 5.75 Å². The Labute approximate surface area is 370 Å².